The predicted octanol–water partition coefficient (Wildman–Crippen LogP) is 6.14. The minimum Gasteiger partial charge on any atom is -0.478 e. The smallest absolute Gasteiger partial charge is 0.335 e. The Balaban J connectivity index is 1.21. The lowest BCUT2D eigenvalue weighted by Gasteiger charge is -2.08. The Morgan fingerprint density at radius 3 is 2.17 bits per heavy atom. The summed E-state index contributed by atoms with van der Waals surface area (Å²) in [5.41, 5.74) is 5.40. The second-order valence-corrected chi connectivity index (χ2v) is 8.92. The van der Waals surface area contributed by atoms with Crippen LogP contribution in [0.25, 0.3) is 16.9 Å². The second kappa shape index (κ2) is 9.79. The minimum atomic E-state index is -0.932. The molecule has 6 nitrogen and oxygen atoms in total. The lowest BCUT2D eigenvalue weighted by Crippen LogP contribution is -2.11. The molecule has 0 saturated heterocycles. The summed E-state index contributed by atoms with van der Waals surface area (Å²) >= 11 is 1.56. The van der Waals surface area contributed by atoms with Crippen molar-refractivity contribution >= 4 is 28.9 Å². The summed E-state index contributed by atoms with van der Waals surface area (Å²) in [6.45, 7) is 0. The molecule has 0 aliphatic heterocycles. The minimum absolute atomic E-state index is 0.165. The standard InChI is InChI=1S/C28H21N3O3S/c32-27(21-9-13-24(14-10-21)31-15-1-2-16-31)29-23-11-7-20(8-12-23)25-18-35-26(30-25)17-19-3-5-22(6-4-19)28(33)34/h1-16,18H,17H2,(H,29,32)(H,33,34). The van der Waals surface area contributed by atoms with Crippen LogP contribution in [0, 0.1) is 0 Å². The van der Waals surface area contributed by atoms with Gasteiger partial charge in [-0.15, -0.1) is 11.3 Å². The van der Waals surface area contributed by atoms with Gasteiger partial charge in [0.15, 0.2) is 0 Å². The number of hydrogen-bond donors (Lipinski definition) is 2. The van der Waals surface area contributed by atoms with Gasteiger partial charge in [0.2, 0.25) is 0 Å². The van der Waals surface area contributed by atoms with E-state index in [1.165, 1.54) is 0 Å². The summed E-state index contributed by atoms with van der Waals surface area (Å²) in [5, 5.41) is 14.9. The highest BCUT2D eigenvalue weighted by Crippen LogP contribution is 2.25. The van der Waals surface area contributed by atoms with Crippen LogP contribution in [0.4, 0.5) is 5.69 Å². The number of amides is 1. The van der Waals surface area contributed by atoms with Gasteiger partial charge in [-0.25, -0.2) is 9.78 Å². The Bertz CT molecular complexity index is 1450. The number of rotatable bonds is 7. The van der Waals surface area contributed by atoms with Crippen molar-refractivity contribution in [3.05, 3.63) is 124 Å². The van der Waals surface area contributed by atoms with Gasteiger partial charge in [0.05, 0.1) is 16.3 Å². The van der Waals surface area contributed by atoms with E-state index in [-0.39, 0.29) is 11.5 Å². The first-order valence-corrected chi connectivity index (χ1v) is 11.8. The van der Waals surface area contributed by atoms with Crippen molar-refractivity contribution in [3.63, 3.8) is 0 Å². The van der Waals surface area contributed by atoms with E-state index in [2.05, 4.69) is 5.32 Å². The molecule has 2 aromatic heterocycles. The molecule has 1 amide bonds. The molecule has 7 heteroatoms. The summed E-state index contributed by atoms with van der Waals surface area (Å²) < 4.78 is 1.99. The van der Waals surface area contributed by atoms with E-state index in [1.807, 2.05) is 95.1 Å². The van der Waals surface area contributed by atoms with Crippen LogP contribution in [0.1, 0.15) is 31.3 Å². The number of hydrogen-bond acceptors (Lipinski definition) is 4. The quantitative estimate of drug-likeness (QED) is 0.294. The topological polar surface area (TPSA) is 84.2 Å². The number of benzene rings is 3. The zero-order valence-corrected chi connectivity index (χ0v) is 19.4. The molecule has 2 heterocycles. The van der Waals surface area contributed by atoms with Crippen LogP contribution in [0.3, 0.4) is 0 Å². The predicted molar refractivity (Wildman–Crippen MR) is 137 cm³/mol. The Kier molecular flexibility index (Phi) is 6.24. The molecule has 0 atom stereocenters. The normalized spacial score (nSPS) is 10.7. The number of carbonyl (C=O) groups is 2. The molecule has 0 aliphatic rings. The third-order valence-electron chi connectivity index (χ3n) is 5.58. The fraction of sp³-hybridized carbons (Fsp3) is 0.0357. The monoisotopic (exact) mass is 479 g/mol. The van der Waals surface area contributed by atoms with Crippen LogP contribution in [0.15, 0.2) is 103 Å². The first kappa shape index (κ1) is 22.3. The molecule has 0 saturated carbocycles. The van der Waals surface area contributed by atoms with Gasteiger partial charge in [0.1, 0.15) is 0 Å². The van der Waals surface area contributed by atoms with Crippen LogP contribution in [0.2, 0.25) is 0 Å². The molecule has 172 valence electrons. The van der Waals surface area contributed by atoms with Gasteiger partial charge in [0.25, 0.3) is 5.91 Å². The zero-order chi connectivity index (χ0) is 24.2. The lowest BCUT2D eigenvalue weighted by atomic mass is 10.1. The summed E-state index contributed by atoms with van der Waals surface area (Å²) in [4.78, 5) is 28.4. The van der Waals surface area contributed by atoms with Crippen molar-refractivity contribution in [2.45, 2.75) is 6.42 Å². The van der Waals surface area contributed by atoms with Gasteiger partial charge in [-0.3, -0.25) is 4.79 Å². The molecule has 5 aromatic rings. The first-order chi connectivity index (χ1) is 17.0. The zero-order valence-electron chi connectivity index (χ0n) is 18.6. The number of nitrogens with zero attached hydrogens (tertiary/aromatic N) is 2. The van der Waals surface area contributed by atoms with Crippen molar-refractivity contribution in [1.82, 2.24) is 9.55 Å². The van der Waals surface area contributed by atoms with E-state index < -0.39 is 5.97 Å². The van der Waals surface area contributed by atoms with Gasteiger partial charge in [-0.2, -0.15) is 0 Å². The molecular formula is C28H21N3O3S. The van der Waals surface area contributed by atoms with Crippen LogP contribution in [0.5, 0.6) is 0 Å². The molecule has 5 rings (SSSR count). The highest BCUT2D eigenvalue weighted by atomic mass is 32.1. The molecular weight excluding hydrogens is 458 g/mol. The Labute approximate surface area is 206 Å². The van der Waals surface area contributed by atoms with Gasteiger partial charge >= 0.3 is 5.97 Å². The molecule has 0 radical (unpaired) electrons. The van der Waals surface area contributed by atoms with E-state index in [4.69, 9.17) is 10.1 Å². The number of nitrogens with one attached hydrogen (secondary N) is 1. The lowest BCUT2D eigenvalue weighted by molar-refractivity contribution is 0.0696. The maximum atomic E-state index is 12.6. The average Bonchev–Trinajstić information content (AvgIpc) is 3.58. The molecule has 0 fully saturated rings. The molecule has 0 aliphatic carbocycles. The number of anilines is 1. The highest BCUT2D eigenvalue weighted by molar-refractivity contribution is 7.10. The summed E-state index contributed by atoms with van der Waals surface area (Å²) in [7, 11) is 0. The summed E-state index contributed by atoms with van der Waals surface area (Å²) in [6, 6.07) is 25.8. The number of thiazole rings is 1. The van der Waals surface area contributed by atoms with E-state index in [1.54, 1.807) is 23.5 Å². The molecule has 0 bridgehead atoms. The van der Waals surface area contributed by atoms with Gasteiger partial charge in [-0.05, 0) is 66.2 Å². The van der Waals surface area contributed by atoms with Crippen molar-refractivity contribution in [2.24, 2.45) is 0 Å². The fourth-order valence-corrected chi connectivity index (χ4v) is 4.52. The maximum Gasteiger partial charge on any atom is 0.335 e. The largest absolute Gasteiger partial charge is 0.478 e. The summed E-state index contributed by atoms with van der Waals surface area (Å²) in [6.07, 6.45) is 4.56. The second-order valence-electron chi connectivity index (χ2n) is 7.97. The molecule has 0 spiro atoms. The fourth-order valence-electron chi connectivity index (χ4n) is 3.68. The van der Waals surface area contributed by atoms with Crippen LogP contribution >= 0.6 is 11.3 Å². The average molecular weight is 480 g/mol. The number of aromatic nitrogens is 2. The van der Waals surface area contributed by atoms with Crippen molar-refractivity contribution in [3.8, 4) is 16.9 Å². The highest BCUT2D eigenvalue weighted by Gasteiger charge is 2.09. The van der Waals surface area contributed by atoms with Crippen molar-refractivity contribution < 1.29 is 14.7 Å². The molecule has 2 N–H and O–H groups in total. The third kappa shape index (κ3) is 5.20. The third-order valence-corrected chi connectivity index (χ3v) is 6.43. The van der Waals surface area contributed by atoms with Crippen molar-refractivity contribution in [2.75, 3.05) is 5.32 Å². The van der Waals surface area contributed by atoms with Gasteiger partial charge < -0.3 is 15.0 Å². The Hall–Kier alpha value is -4.49. The first-order valence-electron chi connectivity index (χ1n) is 11.0. The number of carboxylic acids is 1. The van der Waals surface area contributed by atoms with E-state index >= 15 is 0 Å². The SMILES string of the molecule is O=C(O)c1ccc(Cc2nc(-c3ccc(NC(=O)c4ccc(-n5cccc5)cc4)cc3)cs2)cc1. The molecule has 35 heavy (non-hydrogen) atoms. The number of aromatic carboxylic acids is 1. The number of carboxylic acid groups (broad SMARTS) is 1. The molecule has 0 unspecified atom stereocenters. The van der Waals surface area contributed by atoms with E-state index in [9.17, 15) is 9.59 Å². The van der Waals surface area contributed by atoms with Crippen LogP contribution in [-0.2, 0) is 6.42 Å². The van der Waals surface area contributed by atoms with Gasteiger partial charge in [-0.1, -0.05) is 24.3 Å². The van der Waals surface area contributed by atoms with Crippen LogP contribution in [-0.4, -0.2) is 26.5 Å². The maximum absolute atomic E-state index is 12.6. The Morgan fingerprint density at radius 2 is 1.51 bits per heavy atom. The number of carbonyl (C=O) groups excluding carboxylic acids is 1. The molecule has 3 aromatic carbocycles. The summed E-state index contributed by atoms with van der Waals surface area (Å²) in [5.74, 6) is -1.10. The van der Waals surface area contributed by atoms with E-state index in [0.717, 1.165) is 27.5 Å². The van der Waals surface area contributed by atoms with Crippen molar-refractivity contribution in [1.29, 1.82) is 0 Å². The van der Waals surface area contributed by atoms with E-state index in [0.29, 0.717) is 17.7 Å². The van der Waals surface area contributed by atoms with Crippen LogP contribution < -0.4 is 5.32 Å². The van der Waals surface area contributed by atoms with Gasteiger partial charge in [0, 0.05) is 46.7 Å². The Morgan fingerprint density at radius 1 is 0.857 bits per heavy atom.